The van der Waals surface area contributed by atoms with Crippen LogP contribution in [0, 0.1) is 5.95 Å². The van der Waals surface area contributed by atoms with Crippen LogP contribution in [0.2, 0.25) is 0 Å². The van der Waals surface area contributed by atoms with Gasteiger partial charge in [0, 0.05) is 25.2 Å². The van der Waals surface area contributed by atoms with E-state index < -0.39 is 5.95 Å². The highest BCUT2D eigenvalue weighted by Crippen LogP contribution is 2.22. The number of carbonyl (C=O) groups excluding carboxylic acids is 1. The molecule has 1 saturated heterocycles. The van der Waals surface area contributed by atoms with Crippen molar-refractivity contribution in [1.29, 1.82) is 0 Å². The molecule has 0 aliphatic carbocycles. The van der Waals surface area contributed by atoms with E-state index in [1.807, 2.05) is 0 Å². The number of nitrogens with two attached hydrogens (primary N) is 1. The van der Waals surface area contributed by atoms with Crippen molar-refractivity contribution in [3.05, 3.63) is 24.3 Å². The molecule has 0 radical (unpaired) electrons. The molecule has 1 aromatic rings. The van der Waals surface area contributed by atoms with Gasteiger partial charge >= 0.3 is 0 Å². The average molecular weight is 195 g/mol. The second-order valence-corrected chi connectivity index (χ2v) is 3.28. The molecule has 4 nitrogen and oxygen atoms in total. The number of nitrogens with zero attached hydrogens (tertiary/aromatic N) is 2. The predicted molar refractivity (Wildman–Crippen MR) is 49.1 cm³/mol. The normalized spacial score (nSPS) is 21.7. The minimum Gasteiger partial charge on any atom is -0.326 e. The van der Waals surface area contributed by atoms with E-state index in [-0.39, 0.29) is 24.1 Å². The lowest BCUT2D eigenvalue weighted by atomic mass is 10.3. The van der Waals surface area contributed by atoms with E-state index in [0.717, 1.165) is 0 Å². The molecule has 14 heavy (non-hydrogen) atoms. The maximum atomic E-state index is 13.2. The molecule has 1 atom stereocenters. The van der Waals surface area contributed by atoms with Crippen LogP contribution in [-0.4, -0.2) is 23.5 Å². The van der Waals surface area contributed by atoms with Crippen LogP contribution in [0.3, 0.4) is 0 Å². The summed E-state index contributed by atoms with van der Waals surface area (Å²) in [6.45, 7) is 0.363. The molecule has 1 amide bonds. The zero-order chi connectivity index (χ0) is 10.1. The zero-order valence-electron chi connectivity index (χ0n) is 7.48. The van der Waals surface area contributed by atoms with Crippen LogP contribution in [0.5, 0.6) is 0 Å². The van der Waals surface area contributed by atoms with Crippen LogP contribution >= 0.6 is 0 Å². The Morgan fingerprint density at radius 3 is 3.00 bits per heavy atom. The summed E-state index contributed by atoms with van der Waals surface area (Å²) in [6, 6.07) is 2.91. The molecule has 1 aliphatic heterocycles. The summed E-state index contributed by atoms with van der Waals surface area (Å²) >= 11 is 0. The Morgan fingerprint density at radius 2 is 2.43 bits per heavy atom. The highest BCUT2D eigenvalue weighted by molar-refractivity contribution is 5.96. The van der Waals surface area contributed by atoms with E-state index in [9.17, 15) is 9.18 Å². The summed E-state index contributed by atoms with van der Waals surface area (Å²) in [5.41, 5.74) is 5.81. The molecule has 74 valence electrons. The smallest absolute Gasteiger partial charge is 0.236 e. The summed E-state index contributed by atoms with van der Waals surface area (Å²) in [7, 11) is 0. The van der Waals surface area contributed by atoms with Gasteiger partial charge in [-0.05, 0) is 12.1 Å². The second-order valence-electron chi connectivity index (χ2n) is 3.28. The van der Waals surface area contributed by atoms with Crippen molar-refractivity contribution in [1.82, 2.24) is 4.98 Å². The monoisotopic (exact) mass is 195 g/mol. The Kier molecular flexibility index (Phi) is 2.17. The third-order valence-electron chi connectivity index (χ3n) is 2.19. The zero-order valence-corrected chi connectivity index (χ0v) is 7.48. The second kappa shape index (κ2) is 3.34. The van der Waals surface area contributed by atoms with Crippen molar-refractivity contribution in [3.63, 3.8) is 0 Å². The van der Waals surface area contributed by atoms with Crippen LogP contribution in [0.1, 0.15) is 6.42 Å². The SMILES string of the molecule is NC1CC(=O)N(c2cccnc2F)C1. The van der Waals surface area contributed by atoms with E-state index >= 15 is 0 Å². The van der Waals surface area contributed by atoms with Crippen LogP contribution in [0.4, 0.5) is 10.1 Å². The first-order chi connectivity index (χ1) is 6.68. The first-order valence-electron chi connectivity index (χ1n) is 4.35. The average Bonchev–Trinajstić information content (AvgIpc) is 2.46. The first kappa shape index (κ1) is 9.08. The standard InChI is InChI=1S/C9H10FN3O/c10-9-7(2-1-3-12-9)13-5-6(11)4-8(13)14/h1-3,6H,4-5,11H2. The van der Waals surface area contributed by atoms with E-state index in [2.05, 4.69) is 4.98 Å². The number of carbonyl (C=O) groups is 1. The third kappa shape index (κ3) is 1.46. The summed E-state index contributed by atoms with van der Waals surface area (Å²) in [5.74, 6) is -0.778. The van der Waals surface area contributed by atoms with Crippen molar-refractivity contribution in [2.24, 2.45) is 5.73 Å². The molecule has 1 fully saturated rings. The van der Waals surface area contributed by atoms with Gasteiger partial charge in [-0.15, -0.1) is 0 Å². The van der Waals surface area contributed by atoms with Gasteiger partial charge in [0.1, 0.15) is 0 Å². The molecular weight excluding hydrogens is 185 g/mol. The van der Waals surface area contributed by atoms with Gasteiger partial charge in [0.2, 0.25) is 11.9 Å². The molecule has 0 saturated carbocycles. The van der Waals surface area contributed by atoms with Gasteiger partial charge in [-0.3, -0.25) is 4.79 Å². The molecule has 5 heteroatoms. The van der Waals surface area contributed by atoms with Gasteiger partial charge in [-0.2, -0.15) is 4.39 Å². The van der Waals surface area contributed by atoms with Gasteiger partial charge in [0.05, 0.1) is 5.69 Å². The fourth-order valence-corrected chi connectivity index (χ4v) is 1.55. The molecule has 0 bridgehead atoms. The number of anilines is 1. The van der Waals surface area contributed by atoms with E-state index in [4.69, 9.17) is 5.73 Å². The van der Waals surface area contributed by atoms with Gasteiger partial charge in [0.25, 0.3) is 0 Å². The highest BCUT2D eigenvalue weighted by atomic mass is 19.1. The van der Waals surface area contributed by atoms with Gasteiger partial charge in [0.15, 0.2) is 0 Å². The first-order valence-corrected chi connectivity index (χ1v) is 4.35. The Morgan fingerprint density at radius 1 is 1.64 bits per heavy atom. The number of rotatable bonds is 1. The molecule has 1 aliphatic rings. The Hall–Kier alpha value is -1.49. The van der Waals surface area contributed by atoms with Crippen molar-refractivity contribution >= 4 is 11.6 Å². The molecule has 0 aromatic carbocycles. The fraction of sp³-hybridized carbons (Fsp3) is 0.333. The molecule has 1 unspecified atom stereocenters. The van der Waals surface area contributed by atoms with Crippen molar-refractivity contribution < 1.29 is 9.18 Å². The molecule has 1 aromatic heterocycles. The largest absolute Gasteiger partial charge is 0.326 e. The summed E-state index contributed by atoms with van der Waals surface area (Å²) in [5, 5.41) is 0. The predicted octanol–water partition coefficient (Wildman–Crippen LogP) is 0.285. The minimum atomic E-state index is -0.630. The van der Waals surface area contributed by atoms with Crippen LogP contribution in [0.15, 0.2) is 18.3 Å². The summed E-state index contributed by atoms with van der Waals surface area (Å²) < 4.78 is 13.2. The third-order valence-corrected chi connectivity index (χ3v) is 2.19. The molecule has 2 heterocycles. The highest BCUT2D eigenvalue weighted by Gasteiger charge is 2.29. The lowest BCUT2D eigenvalue weighted by molar-refractivity contribution is -0.117. The van der Waals surface area contributed by atoms with Crippen molar-refractivity contribution in [2.45, 2.75) is 12.5 Å². The Balaban J connectivity index is 2.32. The number of amides is 1. The number of hydrogen-bond donors (Lipinski definition) is 1. The summed E-state index contributed by atoms with van der Waals surface area (Å²) in [4.78, 5) is 16.2. The van der Waals surface area contributed by atoms with E-state index in [1.165, 1.54) is 17.2 Å². The molecular formula is C9H10FN3O. The lowest BCUT2D eigenvalue weighted by Gasteiger charge is -2.15. The topological polar surface area (TPSA) is 59.2 Å². The van der Waals surface area contributed by atoms with Crippen molar-refractivity contribution in [3.8, 4) is 0 Å². The molecule has 2 rings (SSSR count). The van der Waals surface area contributed by atoms with Crippen LogP contribution in [0.25, 0.3) is 0 Å². The van der Waals surface area contributed by atoms with Gasteiger partial charge < -0.3 is 10.6 Å². The number of aromatic nitrogens is 1. The minimum absolute atomic E-state index is 0.149. The maximum absolute atomic E-state index is 13.2. The Bertz CT molecular complexity index is 369. The maximum Gasteiger partial charge on any atom is 0.236 e. The molecule has 0 spiro atoms. The summed E-state index contributed by atoms with van der Waals surface area (Å²) in [6.07, 6.45) is 1.62. The molecule has 2 N–H and O–H groups in total. The number of halogens is 1. The lowest BCUT2D eigenvalue weighted by Crippen LogP contribution is -2.28. The van der Waals surface area contributed by atoms with Crippen LogP contribution < -0.4 is 10.6 Å². The van der Waals surface area contributed by atoms with Gasteiger partial charge in [-0.1, -0.05) is 0 Å². The van der Waals surface area contributed by atoms with Gasteiger partial charge in [-0.25, -0.2) is 4.98 Å². The van der Waals surface area contributed by atoms with E-state index in [0.29, 0.717) is 6.54 Å². The fourth-order valence-electron chi connectivity index (χ4n) is 1.55. The van der Waals surface area contributed by atoms with Crippen molar-refractivity contribution in [2.75, 3.05) is 11.4 Å². The Labute approximate surface area is 80.5 Å². The van der Waals surface area contributed by atoms with E-state index in [1.54, 1.807) is 6.07 Å². The number of pyridine rings is 1. The van der Waals surface area contributed by atoms with Crippen LogP contribution in [-0.2, 0) is 4.79 Å². The quantitative estimate of drug-likeness (QED) is 0.655. The number of hydrogen-bond acceptors (Lipinski definition) is 3.